The molecule has 124 valence electrons. The van der Waals surface area contributed by atoms with Crippen molar-refractivity contribution < 1.29 is 13.2 Å². The molecule has 2 rings (SSSR count). The lowest BCUT2D eigenvalue weighted by Crippen LogP contribution is -2.14. The van der Waals surface area contributed by atoms with E-state index in [1.807, 2.05) is 6.07 Å². The summed E-state index contributed by atoms with van der Waals surface area (Å²) in [7, 11) is -3.44. The molecule has 0 spiro atoms. The van der Waals surface area contributed by atoms with Crippen LogP contribution in [0.15, 0.2) is 57.8 Å². The Balaban J connectivity index is 2.29. The molecule has 0 saturated carbocycles. The van der Waals surface area contributed by atoms with E-state index in [1.54, 1.807) is 49.6 Å². The van der Waals surface area contributed by atoms with Gasteiger partial charge in [-0.25, -0.2) is 8.42 Å². The van der Waals surface area contributed by atoms with Crippen molar-refractivity contribution >= 4 is 32.6 Å². The lowest BCUT2D eigenvalue weighted by atomic mass is 10.1. The number of ketones is 1. The van der Waals surface area contributed by atoms with Gasteiger partial charge in [0.05, 0.1) is 10.9 Å². The van der Waals surface area contributed by atoms with Crippen molar-refractivity contribution in [3.8, 4) is 6.07 Å². The predicted octanol–water partition coefficient (Wildman–Crippen LogP) is 3.63. The summed E-state index contributed by atoms with van der Waals surface area (Å²) in [5.74, 6) is -0.422. The smallest absolute Gasteiger partial charge is 0.205 e. The summed E-state index contributed by atoms with van der Waals surface area (Å²) >= 11 is 1.24. The molecule has 0 atom stereocenters. The third-order valence-electron chi connectivity index (χ3n) is 3.33. The number of carbonyl (C=O) groups is 1. The van der Waals surface area contributed by atoms with Crippen LogP contribution in [-0.4, -0.2) is 19.5 Å². The third kappa shape index (κ3) is 3.72. The van der Waals surface area contributed by atoms with E-state index >= 15 is 0 Å². The topological polar surface area (TPSA) is 87.0 Å². The second kappa shape index (κ2) is 7.43. The maximum Gasteiger partial charge on any atom is 0.205 e. The summed E-state index contributed by atoms with van der Waals surface area (Å²) in [6.07, 6.45) is 1.25. The highest BCUT2D eigenvalue weighted by molar-refractivity contribution is 7.92. The van der Waals surface area contributed by atoms with Gasteiger partial charge in [0.25, 0.3) is 0 Å². The highest BCUT2D eigenvalue weighted by atomic mass is 32.2. The van der Waals surface area contributed by atoms with Gasteiger partial charge in [0, 0.05) is 22.5 Å². The predicted molar refractivity (Wildman–Crippen MR) is 94.7 cm³/mol. The van der Waals surface area contributed by atoms with Crippen molar-refractivity contribution in [2.75, 3.05) is 5.32 Å². The van der Waals surface area contributed by atoms with E-state index in [-0.39, 0.29) is 10.5 Å². The molecular formula is C17H16N2O3S2. The van der Waals surface area contributed by atoms with Crippen LogP contribution < -0.4 is 5.32 Å². The molecular weight excluding hydrogens is 344 g/mol. The van der Waals surface area contributed by atoms with Crippen molar-refractivity contribution in [3.05, 3.63) is 58.4 Å². The molecule has 0 aliphatic heterocycles. The monoisotopic (exact) mass is 360 g/mol. The molecule has 0 amide bonds. The molecule has 0 bridgehead atoms. The minimum Gasteiger partial charge on any atom is -0.359 e. The van der Waals surface area contributed by atoms with E-state index in [4.69, 9.17) is 0 Å². The van der Waals surface area contributed by atoms with Crippen LogP contribution in [0, 0.1) is 11.3 Å². The number of nitrogens with one attached hydrogen (secondary N) is 1. The summed E-state index contributed by atoms with van der Waals surface area (Å²) in [4.78, 5) is 12.4. The molecule has 0 saturated heterocycles. The van der Waals surface area contributed by atoms with Crippen molar-refractivity contribution in [2.45, 2.75) is 24.0 Å². The van der Waals surface area contributed by atoms with E-state index in [2.05, 4.69) is 5.32 Å². The molecule has 2 aromatic rings. The average molecular weight is 360 g/mol. The van der Waals surface area contributed by atoms with Crippen molar-refractivity contribution in [3.63, 3.8) is 0 Å². The fraction of sp³-hybridized carbons (Fsp3) is 0.176. The maximum atomic E-state index is 12.3. The van der Waals surface area contributed by atoms with Crippen molar-refractivity contribution in [2.24, 2.45) is 0 Å². The van der Waals surface area contributed by atoms with Gasteiger partial charge in [0.1, 0.15) is 16.5 Å². The Morgan fingerprint density at radius 1 is 1.25 bits per heavy atom. The number of sulfone groups is 1. The van der Waals surface area contributed by atoms with Crippen LogP contribution >= 0.6 is 11.3 Å². The standard InChI is InChI=1S/C17H16N2O3S2/c1-12(2)24(21,22)16-11-23-10-15(16)19-9-14(8-18)17(20)13-6-4-3-5-7-13/h3-7,9-12,19H,1-2H3. The Hall–Kier alpha value is -2.43. The number of thiophene rings is 1. The van der Waals surface area contributed by atoms with Gasteiger partial charge in [-0.3, -0.25) is 4.79 Å². The second-order valence-corrected chi connectivity index (χ2v) is 8.47. The summed E-state index contributed by atoms with van der Waals surface area (Å²) in [5.41, 5.74) is 0.662. The second-order valence-electron chi connectivity index (χ2n) is 5.25. The molecule has 1 aromatic heterocycles. The quantitative estimate of drug-likeness (QED) is 0.483. The first kappa shape index (κ1) is 17.9. The summed E-state index contributed by atoms with van der Waals surface area (Å²) < 4.78 is 24.6. The normalized spacial score (nSPS) is 12.0. The molecule has 1 aromatic carbocycles. The Morgan fingerprint density at radius 3 is 2.50 bits per heavy atom. The zero-order valence-corrected chi connectivity index (χ0v) is 14.8. The molecule has 0 aliphatic rings. The highest BCUT2D eigenvalue weighted by Gasteiger charge is 2.23. The van der Waals surface area contributed by atoms with Crippen LogP contribution in [0.5, 0.6) is 0 Å². The van der Waals surface area contributed by atoms with Crippen LogP contribution in [0.25, 0.3) is 0 Å². The van der Waals surface area contributed by atoms with Gasteiger partial charge in [-0.15, -0.1) is 11.3 Å². The minimum absolute atomic E-state index is 0.0969. The molecule has 0 fully saturated rings. The summed E-state index contributed by atoms with van der Waals surface area (Å²) in [6.45, 7) is 3.21. The zero-order chi connectivity index (χ0) is 17.7. The fourth-order valence-corrected chi connectivity index (χ4v) is 4.27. The van der Waals surface area contributed by atoms with Crippen molar-refractivity contribution in [1.82, 2.24) is 0 Å². The molecule has 7 heteroatoms. The van der Waals surface area contributed by atoms with Crippen LogP contribution in [0.3, 0.4) is 0 Å². The third-order valence-corrected chi connectivity index (χ3v) is 6.41. The number of nitriles is 1. The Kier molecular flexibility index (Phi) is 5.54. The van der Waals surface area contributed by atoms with Gasteiger partial charge in [0.2, 0.25) is 5.78 Å². The van der Waals surface area contributed by atoms with Crippen molar-refractivity contribution in [1.29, 1.82) is 5.26 Å². The first-order valence-electron chi connectivity index (χ1n) is 7.14. The van der Waals surface area contributed by atoms with Crippen LogP contribution in [0.2, 0.25) is 0 Å². The van der Waals surface area contributed by atoms with Crippen LogP contribution in [0.1, 0.15) is 24.2 Å². The maximum absolute atomic E-state index is 12.3. The van der Waals surface area contributed by atoms with Gasteiger partial charge in [-0.2, -0.15) is 5.26 Å². The lowest BCUT2D eigenvalue weighted by molar-refractivity contribution is 0.103. The van der Waals surface area contributed by atoms with Gasteiger partial charge < -0.3 is 5.32 Å². The average Bonchev–Trinajstić information content (AvgIpc) is 3.05. The molecule has 5 nitrogen and oxygen atoms in total. The van der Waals surface area contributed by atoms with Gasteiger partial charge in [-0.1, -0.05) is 30.3 Å². The summed E-state index contributed by atoms with van der Waals surface area (Å²) in [6, 6.07) is 10.3. The largest absolute Gasteiger partial charge is 0.359 e. The summed E-state index contributed by atoms with van der Waals surface area (Å²) in [5, 5.41) is 14.6. The number of nitrogens with zero attached hydrogens (tertiary/aromatic N) is 1. The van der Waals surface area contributed by atoms with E-state index < -0.39 is 20.9 Å². The Bertz CT molecular complexity index is 905. The number of benzene rings is 1. The van der Waals surface area contributed by atoms with Gasteiger partial charge in [0.15, 0.2) is 9.84 Å². The molecule has 1 heterocycles. The first-order valence-corrected chi connectivity index (χ1v) is 9.63. The fourth-order valence-electron chi connectivity index (χ4n) is 1.91. The molecule has 1 N–H and O–H groups in total. The first-order chi connectivity index (χ1) is 11.4. The Labute approximate surface area is 145 Å². The number of hydrogen-bond acceptors (Lipinski definition) is 6. The van der Waals surface area contributed by atoms with E-state index in [1.165, 1.54) is 22.9 Å². The number of carbonyl (C=O) groups excluding carboxylic acids is 1. The van der Waals surface area contributed by atoms with E-state index in [0.717, 1.165) is 0 Å². The molecule has 0 radical (unpaired) electrons. The lowest BCUT2D eigenvalue weighted by Gasteiger charge is -2.09. The number of allylic oxidation sites excluding steroid dienone is 1. The van der Waals surface area contributed by atoms with Gasteiger partial charge in [-0.05, 0) is 13.8 Å². The SMILES string of the molecule is CC(C)S(=O)(=O)c1cscc1NC=C(C#N)C(=O)c1ccccc1. The van der Waals surface area contributed by atoms with E-state index in [9.17, 15) is 18.5 Å². The Morgan fingerprint density at radius 2 is 1.92 bits per heavy atom. The van der Waals surface area contributed by atoms with Crippen LogP contribution in [0.4, 0.5) is 5.69 Å². The minimum atomic E-state index is -3.44. The number of hydrogen-bond donors (Lipinski definition) is 1. The number of rotatable bonds is 6. The molecule has 0 unspecified atom stereocenters. The molecule has 24 heavy (non-hydrogen) atoms. The van der Waals surface area contributed by atoms with E-state index in [0.29, 0.717) is 11.3 Å². The van der Waals surface area contributed by atoms with Gasteiger partial charge >= 0.3 is 0 Å². The zero-order valence-electron chi connectivity index (χ0n) is 13.2. The van der Waals surface area contributed by atoms with Crippen LogP contribution in [-0.2, 0) is 9.84 Å². The molecule has 0 aliphatic carbocycles. The highest BCUT2D eigenvalue weighted by Crippen LogP contribution is 2.29. The number of anilines is 1. The number of Topliss-reactive ketones (excluding diaryl/α,β-unsaturated/α-hetero) is 1.